The van der Waals surface area contributed by atoms with Crippen LogP contribution in [0.1, 0.15) is 24.8 Å². The van der Waals surface area contributed by atoms with Crippen LogP contribution in [0, 0.1) is 11.6 Å². The normalized spacial score (nSPS) is 23.1. The van der Waals surface area contributed by atoms with Crippen molar-refractivity contribution in [2.75, 3.05) is 0 Å². The lowest BCUT2D eigenvalue weighted by molar-refractivity contribution is 0.559. The van der Waals surface area contributed by atoms with Crippen molar-refractivity contribution in [1.29, 1.82) is 0 Å². The molecule has 0 saturated heterocycles. The summed E-state index contributed by atoms with van der Waals surface area (Å²) in [6, 6.07) is 1.79. The molecule has 1 fully saturated rings. The summed E-state index contributed by atoms with van der Waals surface area (Å²) in [5.74, 6) is -1.25. The largest absolute Gasteiger partial charge is 0.257 e. The van der Waals surface area contributed by atoms with Crippen molar-refractivity contribution in [3.63, 3.8) is 0 Å². The number of rotatable bonds is 1. The molecule has 0 amide bonds. The smallest absolute Gasteiger partial charge is 0.151 e. The van der Waals surface area contributed by atoms with Crippen molar-refractivity contribution in [2.24, 2.45) is 10.1 Å². The van der Waals surface area contributed by atoms with E-state index in [9.17, 15) is 8.78 Å². The van der Waals surface area contributed by atoms with E-state index in [0.717, 1.165) is 18.9 Å². The maximum Gasteiger partial charge on any atom is 0.151 e. The fourth-order valence-electron chi connectivity index (χ4n) is 2.59. The van der Waals surface area contributed by atoms with Gasteiger partial charge in [-0.05, 0) is 41.8 Å². The minimum atomic E-state index is -0.658. The molecule has 1 atom stereocenters. The van der Waals surface area contributed by atoms with Gasteiger partial charge in [0, 0.05) is 17.2 Å². The molecule has 1 aromatic carbocycles. The molecule has 6 heteroatoms. The van der Waals surface area contributed by atoms with Gasteiger partial charge in [0.1, 0.15) is 11.5 Å². The molecule has 0 aromatic heterocycles. The molecule has 1 heterocycles. The van der Waals surface area contributed by atoms with Gasteiger partial charge in [0.05, 0.1) is 6.04 Å². The standard InChI is InChI=1S/C12H10F2N4/c13-7-3-9-11(10(14)4-7)16-6-8(17-18-15)5-12(9)1-2-12/h3-4,6,8H,1-2,5H2. The Bertz CT molecular complexity index is 586. The van der Waals surface area contributed by atoms with Gasteiger partial charge in [0.2, 0.25) is 0 Å². The highest BCUT2D eigenvalue weighted by Gasteiger charge is 2.48. The third-order valence-electron chi connectivity index (χ3n) is 3.63. The first-order valence-electron chi connectivity index (χ1n) is 5.72. The van der Waals surface area contributed by atoms with E-state index in [1.54, 1.807) is 0 Å². The molecule has 1 aliphatic heterocycles. The molecule has 4 nitrogen and oxygen atoms in total. The van der Waals surface area contributed by atoms with Gasteiger partial charge >= 0.3 is 0 Å². The lowest BCUT2D eigenvalue weighted by Gasteiger charge is -2.17. The van der Waals surface area contributed by atoms with Crippen LogP contribution in [0.15, 0.2) is 22.2 Å². The Kier molecular flexibility index (Phi) is 2.35. The number of azide groups is 1. The van der Waals surface area contributed by atoms with Crippen molar-refractivity contribution in [3.05, 3.63) is 39.8 Å². The molecule has 1 spiro atoms. The number of fused-ring (bicyclic) bond motifs is 2. The second kappa shape index (κ2) is 3.78. The van der Waals surface area contributed by atoms with Crippen LogP contribution in [-0.2, 0) is 5.41 Å². The average molecular weight is 248 g/mol. The van der Waals surface area contributed by atoms with Crippen molar-refractivity contribution in [1.82, 2.24) is 0 Å². The van der Waals surface area contributed by atoms with E-state index in [1.807, 2.05) is 0 Å². The van der Waals surface area contributed by atoms with E-state index in [2.05, 4.69) is 15.0 Å². The summed E-state index contributed by atoms with van der Waals surface area (Å²) in [4.78, 5) is 6.79. The molecule has 2 aliphatic rings. The van der Waals surface area contributed by atoms with Crippen molar-refractivity contribution < 1.29 is 8.78 Å². The van der Waals surface area contributed by atoms with E-state index in [4.69, 9.17) is 5.53 Å². The van der Waals surface area contributed by atoms with Crippen molar-refractivity contribution in [3.8, 4) is 0 Å². The second-order valence-corrected chi connectivity index (χ2v) is 4.82. The molecule has 0 bridgehead atoms. The van der Waals surface area contributed by atoms with Crippen LogP contribution < -0.4 is 0 Å². The predicted octanol–water partition coefficient (Wildman–Crippen LogP) is 3.78. The van der Waals surface area contributed by atoms with Gasteiger partial charge in [-0.1, -0.05) is 5.11 Å². The van der Waals surface area contributed by atoms with Crippen LogP contribution in [0.2, 0.25) is 0 Å². The lowest BCUT2D eigenvalue weighted by Crippen LogP contribution is -2.15. The van der Waals surface area contributed by atoms with Crippen LogP contribution in [0.4, 0.5) is 14.5 Å². The molecular weight excluding hydrogens is 238 g/mol. The first-order valence-corrected chi connectivity index (χ1v) is 5.72. The molecule has 3 rings (SSSR count). The van der Waals surface area contributed by atoms with E-state index in [0.29, 0.717) is 12.0 Å². The molecule has 1 unspecified atom stereocenters. The van der Waals surface area contributed by atoms with Gasteiger partial charge in [0.15, 0.2) is 5.82 Å². The Morgan fingerprint density at radius 1 is 1.39 bits per heavy atom. The zero-order valence-corrected chi connectivity index (χ0v) is 9.48. The predicted molar refractivity (Wildman–Crippen MR) is 63.0 cm³/mol. The Hall–Kier alpha value is -1.94. The van der Waals surface area contributed by atoms with Crippen LogP contribution in [-0.4, -0.2) is 12.3 Å². The monoisotopic (exact) mass is 248 g/mol. The summed E-state index contributed by atoms with van der Waals surface area (Å²) >= 11 is 0. The highest BCUT2D eigenvalue weighted by molar-refractivity contribution is 5.73. The van der Waals surface area contributed by atoms with Gasteiger partial charge in [0.25, 0.3) is 0 Å². The number of halogens is 2. The zero-order valence-electron chi connectivity index (χ0n) is 9.48. The fourth-order valence-corrected chi connectivity index (χ4v) is 2.59. The SMILES string of the molecule is [N-]=[N+]=NC1C=Nc2c(F)cc(F)cc2C2(CC2)C1. The molecule has 18 heavy (non-hydrogen) atoms. The molecular formula is C12H10F2N4. The molecule has 92 valence electrons. The van der Waals surface area contributed by atoms with Gasteiger partial charge in [-0.2, -0.15) is 0 Å². The fraction of sp³-hybridized carbons (Fsp3) is 0.417. The highest BCUT2D eigenvalue weighted by Crippen LogP contribution is 2.56. The topological polar surface area (TPSA) is 61.1 Å². The summed E-state index contributed by atoms with van der Waals surface area (Å²) in [6.45, 7) is 0. The van der Waals surface area contributed by atoms with Crippen LogP contribution in [0.3, 0.4) is 0 Å². The molecule has 0 N–H and O–H groups in total. The van der Waals surface area contributed by atoms with Crippen LogP contribution in [0.5, 0.6) is 0 Å². The van der Waals surface area contributed by atoms with Crippen molar-refractivity contribution >= 4 is 11.9 Å². The zero-order chi connectivity index (χ0) is 12.8. The minimum Gasteiger partial charge on any atom is -0.257 e. The molecule has 1 aliphatic carbocycles. The number of aliphatic imine (C=N–C) groups is 1. The molecule has 1 aromatic rings. The Labute approximate surface area is 102 Å². The minimum absolute atomic E-state index is 0.185. The van der Waals surface area contributed by atoms with Gasteiger partial charge in [-0.3, -0.25) is 4.99 Å². The van der Waals surface area contributed by atoms with E-state index in [-0.39, 0.29) is 11.1 Å². The van der Waals surface area contributed by atoms with Crippen LogP contribution >= 0.6 is 0 Å². The quantitative estimate of drug-likeness (QED) is 0.412. The van der Waals surface area contributed by atoms with E-state index in [1.165, 1.54) is 12.3 Å². The number of hydrogen-bond donors (Lipinski definition) is 0. The first kappa shape index (κ1) is 11.2. The molecule has 1 saturated carbocycles. The summed E-state index contributed by atoms with van der Waals surface area (Å²) in [7, 11) is 0. The lowest BCUT2D eigenvalue weighted by atomic mass is 9.89. The summed E-state index contributed by atoms with van der Waals surface area (Å²) in [5.41, 5.74) is 9.00. The second-order valence-electron chi connectivity index (χ2n) is 4.82. The Morgan fingerprint density at radius 2 is 2.17 bits per heavy atom. The van der Waals surface area contributed by atoms with E-state index >= 15 is 0 Å². The number of nitrogens with zero attached hydrogens (tertiary/aromatic N) is 4. The van der Waals surface area contributed by atoms with Gasteiger partial charge in [-0.15, -0.1) is 0 Å². The van der Waals surface area contributed by atoms with Crippen LogP contribution in [0.25, 0.3) is 10.4 Å². The summed E-state index contributed by atoms with van der Waals surface area (Å²) in [6.07, 6.45) is 3.72. The highest BCUT2D eigenvalue weighted by atomic mass is 19.1. The average Bonchev–Trinajstić information content (AvgIpc) is 3.09. The van der Waals surface area contributed by atoms with Gasteiger partial charge in [-0.25, -0.2) is 8.78 Å². The maximum absolute atomic E-state index is 13.7. The molecule has 0 radical (unpaired) electrons. The number of benzene rings is 1. The third kappa shape index (κ3) is 1.66. The Morgan fingerprint density at radius 3 is 2.83 bits per heavy atom. The third-order valence-corrected chi connectivity index (χ3v) is 3.63. The Balaban J connectivity index is 2.15. The van der Waals surface area contributed by atoms with Gasteiger partial charge < -0.3 is 0 Å². The first-order chi connectivity index (χ1) is 8.64. The summed E-state index contributed by atoms with van der Waals surface area (Å²) in [5, 5.41) is 3.63. The summed E-state index contributed by atoms with van der Waals surface area (Å²) < 4.78 is 27.1. The van der Waals surface area contributed by atoms with Crippen molar-refractivity contribution in [2.45, 2.75) is 30.7 Å². The number of hydrogen-bond acceptors (Lipinski definition) is 2. The maximum atomic E-state index is 13.7. The van der Waals surface area contributed by atoms with E-state index < -0.39 is 17.7 Å².